The zero-order chi connectivity index (χ0) is 16.7. The SMILES string of the molecule is COc1ccc(CCNC(=O)[C@H](C)Nc2cccc(C)c2)cc1. The maximum absolute atomic E-state index is 12.1. The molecule has 4 nitrogen and oxygen atoms in total. The van der Waals surface area contributed by atoms with Crippen molar-refractivity contribution in [2.24, 2.45) is 0 Å². The number of anilines is 1. The van der Waals surface area contributed by atoms with Crippen LogP contribution in [0.15, 0.2) is 48.5 Å². The average Bonchev–Trinajstić information content (AvgIpc) is 2.55. The number of hydrogen-bond donors (Lipinski definition) is 2. The van der Waals surface area contributed by atoms with Crippen LogP contribution in [-0.4, -0.2) is 25.6 Å². The normalized spacial score (nSPS) is 11.6. The Morgan fingerprint density at radius 1 is 1.17 bits per heavy atom. The highest BCUT2D eigenvalue weighted by Gasteiger charge is 2.11. The Balaban J connectivity index is 1.77. The van der Waals surface area contributed by atoms with Crippen molar-refractivity contribution in [1.82, 2.24) is 5.32 Å². The molecule has 0 saturated heterocycles. The molecule has 0 radical (unpaired) electrons. The smallest absolute Gasteiger partial charge is 0.242 e. The molecule has 0 aromatic heterocycles. The van der Waals surface area contributed by atoms with E-state index >= 15 is 0 Å². The summed E-state index contributed by atoms with van der Waals surface area (Å²) in [6.45, 7) is 4.51. The van der Waals surface area contributed by atoms with Crippen molar-refractivity contribution >= 4 is 11.6 Å². The molecule has 122 valence electrons. The Morgan fingerprint density at radius 2 is 1.91 bits per heavy atom. The van der Waals surface area contributed by atoms with Crippen LogP contribution in [0, 0.1) is 6.92 Å². The number of methoxy groups -OCH3 is 1. The molecule has 23 heavy (non-hydrogen) atoms. The molecule has 2 N–H and O–H groups in total. The molecule has 0 heterocycles. The zero-order valence-electron chi connectivity index (χ0n) is 13.9. The second kappa shape index (κ2) is 8.22. The van der Waals surface area contributed by atoms with E-state index in [0.29, 0.717) is 6.54 Å². The second-order valence-electron chi connectivity index (χ2n) is 5.62. The second-order valence-corrected chi connectivity index (χ2v) is 5.62. The number of ether oxygens (including phenoxy) is 1. The van der Waals surface area contributed by atoms with Crippen molar-refractivity contribution in [3.8, 4) is 5.75 Å². The van der Waals surface area contributed by atoms with E-state index in [0.717, 1.165) is 17.9 Å². The lowest BCUT2D eigenvalue weighted by molar-refractivity contribution is -0.121. The fraction of sp³-hybridized carbons (Fsp3) is 0.316. The zero-order valence-corrected chi connectivity index (χ0v) is 13.9. The molecule has 2 aromatic carbocycles. The van der Waals surface area contributed by atoms with Crippen LogP contribution in [0.5, 0.6) is 5.75 Å². The third kappa shape index (κ3) is 5.33. The van der Waals surface area contributed by atoms with Crippen molar-refractivity contribution in [2.75, 3.05) is 19.0 Å². The highest BCUT2D eigenvalue weighted by Crippen LogP contribution is 2.12. The topological polar surface area (TPSA) is 50.4 Å². The Hall–Kier alpha value is -2.49. The van der Waals surface area contributed by atoms with Gasteiger partial charge in [0.25, 0.3) is 0 Å². The van der Waals surface area contributed by atoms with E-state index in [1.165, 1.54) is 11.1 Å². The first-order valence-corrected chi connectivity index (χ1v) is 7.82. The lowest BCUT2D eigenvalue weighted by atomic mass is 10.1. The Kier molecular flexibility index (Phi) is 6.03. The van der Waals surface area contributed by atoms with Gasteiger partial charge in [-0.1, -0.05) is 24.3 Å². The van der Waals surface area contributed by atoms with Crippen molar-refractivity contribution in [3.63, 3.8) is 0 Å². The quantitative estimate of drug-likeness (QED) is 0.825. The molecule has 0 bridgehead atoms. The summed E-state index contributed by atoms with van der Waals surface area (Å²) in [4.78, 5) is 12.1. The van der Waals surface area contributed by atoms with Gasteiger partial charge in [0.05, 0.1) is 7.11 Å². The number of hydrogen-bond acceptors (Lipinski definition) is 3. The van der Waals surface area contributed by atoms with E-state index in [9.17, 15) is 4.79 Å². The maximum atomic E-state index is 12.1. The van der Waals surface area contributed by atoms with E-state index < -0.39 is 0 Å². The number of nitrogens with one attached hydrogen (secondary N) is 2. The summed E-state index contributed by atoms with van der Waals surface area (Å²) in [5.41, 5.74) is 3.30. The van der Waals surface area contributed by atoms with Crippen LogP contribution in [-0.2, 0) is 11.2 Å². The summed E-state index contributed by atoms with van der Waals surface area (Å²) in [6.07, 6.45) is 0.799. The molecule has 0 aliphatic carbocycles. The van der Waals surface area contributed by atoms with E-state index in [2.05, 4.69) is 10.6 Å². The van der Waals surface area contributed by atoms with Gasteiger partial charge < -0.3 is 15.4 Å². The molecule has 2 aromatic rings. The minimum absolute atomic E-state index is 0.0000165. The van der Waals surface area contributed by atoms with E-state index in [4.69, 9.17) is 4.74 Å². The van der Waals surface area contributed by atoms with Gasteiger partial charge in [0.15, 0.2) is 0 Å². The van der Waals surface area contributed by atoms with Crippen LogP contribution >= 0.6 is 0 Å². The van der Waals surface area contributed by atoms with Gasteiger partial charge in [0, 0.05) is 12.2 Å². The van der Waals surface area contributed by atoms with Gasteiger partial charge in [-0.05, 0) is 55.7 Å². The number of carbonyl (C=O) groups is 1. The van der Waals surface area contributed by atoms with E-state index in [1.54, 1.807) is 7.11 Å². The molecule has 0 saturated carbocycles. The standard InChI is InChI=1S/C19H24N2O2/c1-14-5-4-6-17(13-14)21-15(2)19(22)20-12-11-16-7-9-18(23-3)10-8-16/h4-10,13,15,21H,11-12H2,1-3H3,(H,20,22)/t15-/m0/s1. The number of carbonyl (C=O) groups excluding carboxylic acids is 1. The maximum Gasteiger partial charge on any atom is 0.242 e. The van der Waals surface area contributed by atoms with Crippen LogP contribution < -0.4 is 15.4 Å². The minimum atomic E-state index is -0.271. The largest absolute Gasteiger partial charge is 0.497 e. The highest BCUT2D eigenvalue weighted by molar-refractivity contribution is 5.84. The molecule has 0 spiro atoms. The Morgan fingerprint density at radius 3 is 2.57 bits per heavy atom. The predicted molar refractivity (Wildman–Crippen MR) is 94.0 cm³/mol. The van der Waals surface area contributed by atoms with Crippen LogP contribution in [0.3, 0.4) is 0 Å². The van der Waals surface area contributed by atoms with Crippen molar-refractivity contribution < 1.29 is 9.53 Å². The first kappa shape index (κ1) is 16.9. The fourth-order valence-electron chi connectivity index (χ4n) is 2.33. The lowest BCUT2D eigenvalue weighted by Crippen LogP contribution is -2.38. The van der Waals surface area contributed by atoms with Gasteiger partial charge >= 0.3 is 0 Å². The lowest BCUT2D eigenvalue weighted by Gasteiger charge is -2.15. The summed E-state index contributed by atoms with van der Waals surface area (Å²) in [6, 6.07) is 15.6. The molecule has 0 aliphatic rings. The van der Waals surface area contributed by atoms with Gasteiger partial charge in [-0.2, -0.15) is 0 Å². The molecular formula is C19H24N2O2. The molecule has 2 rings (SSSR count). The van der Waals surface area contributed by atoms with Crippen LogP contribution in [0.25, 0.3) is 0 Å². The first-order valence-electron chi connectivity index (χ1n) is 7.82. The van der Waals surface area contributed by atoms with Gasteiger partial charge in [0.2, 0.25) is 5.91 Å². The van der Waals surface area contributed by atoms with Gasteiger partial charge in [-0.25, -0.2) is 0 Å². The van der Waals surface area contributed by atoms with E-state index in [1.807, 2.05) is 62.4 Å². The van der Waals surface area contributed by atoms with Crippen molar-refractivity contribution in [3.05, 3.63) is 59.7 Å². The number of benzene rings is 2. The third-order valence-corrected chi connectivity index (χ3v) is 3.67. The summed E-state index contributed by atoms with van der Waals surface area (Å²) >= 11 is 0. The van der Waals surface area contributed by atoms with Crippen LogP contribution in [0.1, 0.15) is 18.1 Å². The van der Waals surface area contributed by atoms with Crippen LogP contribution in [0.4, 0.5) is 5.69 Å². The fourth-order valence-corrected chi connectivity index (χ4v) is 2.33. The predicted octanol–water partition coefficient (Wildman–Crippen LogP) is 3.16. The third-order valence-electron chi connectivity index (χ3n) is 3.67. The molecule has 1 amide bonds. The van der Waals surface area contributed by atoms with Crippen molar-refractivity contribution in [2.45, 2.75) is 26.3 Å². The average molecular weight is 312 g/mol. The Bertz CT molecular complexity index is 638. The summed E-state index contributed by atoms with van der Waals surface area (Å²) in [7, 11) is 1.65. The molecule has 0 aliphatic heterocycles. The van der Waals surface area contributed by atoms with Gasteiger partial charge in [-0.3, -0.25) is 4.79 Å². The molecule has 0 unspecified atom stereocenters. The van der Waals surface area contributed by atoms with Gasteiger partial charge in [0.1, 0.15) is 11.8 Å². The van der Waals surface area contributed by atoms with Gasteiger partial charge in [-0.15, -0.1) is 0 Å². The number of aryl methyl sites for hydroxylation is 1. The summed E-state index contributed by atoms with van der Waals surface area (Å²) < 4.78 is 5.13. The molecular weight excluding hydrogens is 288 g/mol. The Labute approximate surface area is 137 Å². The molecule has 0 fully saturated rings. The monoisotopic (exact) mass is 312 g/mol. The summed E-state index contributed by atoms with van der Waals surface area (Å²) in [5, 5.41) is 6.18. The first-order chi connectivity index (χ1) is 11.1. The molecule has 1 atom stereocenters. The van der Waals surface area contributed by atoms with Crippen LogP contribution in [0.2, 0.25) is 0 Å². The van der Waals surface area contributed by atoms with Crippen molar-refractivity contribution in [1.29, 1.82) is 0 Å². The number of amides is 1. The van der Waals surface area contributed by atoms with E-state index in [-0.39, 0.29) is 11.9 Å². The summed E-state index contributed by atoms with van der Waals surface area (Å²) in [5.74, 6) is 0.841. The molecule has 4 heteroatoms. The highest BCUT2D eigenvalue weighted by atomic mass is 16.5. The number of rotatable bonds is 7. The minimum Gasteiger partial charge on any atom is -0.497 e.